The van der Waals surface area contributed by atoms with Gasteiger partial charge >= 0.3 is 5.97 Å². The Morgan fingerprint density at radius 2 is 1.61 bits per heavy atom. The fraction of sp³-hybridized carbons (Fsp3) is 0.971. The summed E-state index contributed by atoms with van der Waals surface area (Å²) in [6, 6.07) is 0. The second-order valence-corrected chi connectivity index (χ2v) is 14.1. The van der Waals surface area contributed by atoms with Crippen molar-refractivity contribution in [2.24, 2.45) is 17.3 Å². The Kier molecular flexibility index (Phi) is 18.5. The van der Waals surface area contributed by atoms with Crippen LogP contribution in [0.2, 0.25) is 0 Å². The number of aliphatic hydroxyl groups is 1. The summed E-state index contributed by atoms with van der Waals surface area (Å²) in [6.07, 6.45) is 22.8. The number of esters is 1. The highest BCUT2D eigenvalue weighted by atomic mass is 35.5. The molecular formula is C35H65ClO5. The summed E-state index contributed by atoms with van der Waals surface area (Å²) in [5, 5.41) is 11.0. The van der Waals surface area contributed by atoms with Crippen molar-refractivity contribution in [1.29, 1.82) is 0 Å². The lowest BCUT2D eigenvalue weighted by atomic mass is 9.77. The molecule has 0 aromatic rings. The number of carbonyl (C=O) groups is 1. The maximum atomic E-state index is 12.1. The molecule has 1 saturated heterocycles. The summed E-state index contributed by atoms with van der Waals surface area (Å²) in [5.74, 6) is 0.790. The molecule has 1 unspecified atom stereocenters. The predicted molar refractivity (Wildman–Crippen MR) is 170 cm³/mol. The molecule has 1 aliphatic carbocycles. The van der Waals surface area contributed by atoms with Crippen molar-refractivity contribution < 1.29 is 24.1 Å². The SMILES string of the molecule is CCCCCCCCCCOC(=O)CCCCCC[C@@H]1[C@@H](CC[C@H](O)C(C)(C)CCCC)CCC12OC[C@H](CCl)O2. The van der Waals surface area contributed by atoms with Gasteiger partial charge in [0.2, 0.25) is 0 Å². The standard InChI is InChI=1S/C35H65ClO5/c1-5-7-9-10-11-12-15-18-26-39-33(38)20-17-14-13-16-19-31-29(21-22-32(37)34(3,4)24-8-6-2)23-25-35(31)40-28-30(27-36)41-35/h29-32,37H,5-28H2,1-4H3/t29-,30-,31+,32-,35?/m0/s1. The highest BCUT2D eigenvalue weighted by Gasteiger charge is 2.54. The van der Waals surface area contributed by atoms with Crippen LogP contribution in [-0.4, -0.2) is 48.2 Å². The summed E-state index contributed by atoms with van der Waals surface area (Å²) in [5.41, 5.74) is -0.0408. The van der Waals surface area contributed by atoms with E-state index in [9.17, 15) is 9.90 Å². The van der Waals surface area contributed by atoms with Crippen LogP contribution in [-0.2, 0) is 19.0 Å². The van der Waals surface area contributed by atoms with E-state index in [-0.39, 0.29) is 23.6 Å². The highest BCUT2D eigenvalue weighted by Crippen LogP contribution is 2.51. The van der Waals surface area contributed by atoms with Crippen molar-refractivity contribution in [3.05, 3.63) is 0 Å². The van der Waals surface area contributed by atoms with Crippen molar-refractivity contribution in [2.45, 2.75) is 181 Å². The maximum absolute atomic E-state index is 12.1. The van der Waals surface area contributed by atoms with Gasteiger partial charge in [-0.25, -0.2) is 0 Å². The molecule has 2 fully saturated rings. The molecule has 0 radical (unpaired) electrons. The van der Waals surface area contributed by atoms with Gasteiger partial charge in [0, 0.05) is 18.8 Å². The van der Waals surface area contributed by atoms with Gasteiger partial charge in [-0.2, -0.15) is 0 Å². The number of halogens is 1. The zero-order valence-electron chi connectivity index (χ0n) is 27.2. The third-order valence-electron chi connectivity index (χ3n) is 9.84. The molecule has 1 saturated carbocycles. The Balaban J connectivity index is 1.67. The smallest absolute Gasteiger partial charge is 0.305 e. The molecule has 41 heavy (non-hydrogen) atoms. The van der Waals surface area contributed by atoms with Gasteiger partial charge in [0.15, 0.2) is 5.79 Å². The summed E-state index contributed by atoms with van der Waals surface area (Å²) >= 11 is 6.13. The second-order valence-electron chi connectivity index (χ2n) is 13.8. The molecule has 5 nitrogen and oxygen atoms in total. The van der Waals surface area contributed by atoms with Gasteiger partial charge < -0.3 is 19.3 Å². The molecule has 0 bridgehead atoms. The molecule has 1 spiro atoms. The van der Waals surface area contributed by atoms with Crippen molar-refractivity contribution in [1.82, 2.24) is 0 Å². The van der Waals surface area contributed by atoms with Gasteiger partial charge in [-0.1, -0.05) is 105 Å². The van der Waals surface area contributed by atoms with E-state index in [2.05, 4.69) is 27.7 Å². The van der Waals surface area contributed by atoms with Gasteiger partial charge in [0.25, 0.3) is 0 Å². The first-order valence-electron chi connectivity index (χ1n) is 17.5. The zero-order chi connectivity index (χ0) is 30.0. The Hall–Kier alpha value is -0.360. The molecule has 2 aliphatic rings. The number of hydrogen-bond donors (Lipinski definition) is 1. The van der Waals surface area contributed by atoms with Crippen molar-refractivity contribution in [3.8, 4) is 0 Å². The van der Waals surface area contributed by atoms with Gasteiger partial charge in [0.05, 0.1) is 31.3 Å². The molecule has 0 amide bonds. The van der Waals surface area contributed by atoms with Crippen molar-refractivity contribution in [3.63, 3.8) is 0 Å². The van der Waals surface area contributed by atoms with Crippen LogP contribution < -0.4 is 0 Å². The highest BCUT2D eigenvalue weighted by molar-refractivity contribution is 6.18. The zero-order valence-corrected chi connectivity index (χ0v) is 28.0. The fourth-order valence-electron chi connectivity index (χ4n) is 6.96. The Labute approximate surface area is 258 Å². The topological polar surface area (TPSA) is 65.0 Å². The average Bonchev–Trinajstić information content (AvgIpc) is 3.54. The van der Waals surface area contributed by atoms with Crippen molar-refractivity contribution >= 4 is 17.6 Å². The quantitative estimate of drug-likeness (QED) is 0.0678. The first kappa shape index (κ1) is 36.8. The van der Waals surface area contributed by atoms with Crippen LogP contribution in [0.25, 0.3) is 0 Å². The van der Waals surface area contributed by atoms with Gasteiger partial charge in [-0.05, 0) is 56.3 Å². The number of unbranched alkanes of at least 4 members (excludes halogenated alkanes) is 11. The minimum Gasteiger partial charge on any atom is -0.466 e. The third kappa shape index (κ3) is 13.4. The molecule has 1 aliphatic heterocycles. The van der Waals surface area contributed by atoms with Crippen molar-refractivity contribution in [2.75, 3.05) is 19.1 Å². The summed E-state index contributed by atoms with van der Waals surface area (Å²) in [7, 11) is 0. The lowest BCUT2D eigenvalue weighted by molar-refractivity contribution is -0.196. The summed E-state index contributed by atoms with van der Waals surface area (Å²) < 4.78 is 18.2. The first-order chi connectivity index (χ1) is 19.8. The monoisotopic (exact) mass is 600 g/mol. The number of aliphatic hydroxyl groups excluding tert-OH is 1. The van der Waals surface area contributed by atoms with E-state index in [0.29, 0.717) is 37.4 Å². The normalized spacial score (nSPS) is 25.3. The third-order valence-corrected chi connectivity index (χ3v) is 10.2. The minimum atomic E-state index is -0.494. The van der Waals surface area contributed by atoms with E-state index < -0.39 is 5.79 Å². The predicted octanol–water partition coefficient (Wildman–Crippen LogP) is 9.75. The number of hydrogen-bond acceptors (Lipinski definition) is 5. The number of carbonyl (C=O) groups excluding carboxylic acids is 1. The van der Waals surface area contributed by atoms with Crippen LogP contribution in [0.1, 0.15) is 163 Å². The van der Waals surface area contributed by atoms with Gasteiger partial charge in [-0.15, -0.1) is 11.6 Å². The van der Waals surface area contributed by atoms with Gasteiger partial charge in [-0.3, -0.25) is 4.79 Å². The van der Waals surface area contributed by atoms with Crippen LogP contribution in [0.5, 0.6) is 0 Å². The molecule has 242 valence electrons. The van der Waals surface area contributed by atoms with E-state index >= 15 is 0 Å². The van der Waals surface area contributed by atoms with Crippen LogP contribution >= 0.6 is 11.6 Å². The number of rotatable bonds is 24. The Bertz CT molecular complexity index is 685. The Morgan fingerprint density at radius 3 is 2.29 bits per heavy atom. The number of alkyl halides is 1. The average molecular weight is 601 g/mol. The lowest BCUT2D eigenvalue weighted by Gasteiger charge is -2.35. The minimum absolute atomic E-state index is 0.0201. The van der Waals surface area contributed by atoms with E-state index in [4.69, 9.17) is 25.8 Å². The van der Waals surface area contributed by atoms with Gasteiger partial charge in [0.1, 0.15) is 0 Å². The molecule has 6 heteroatoms. The summed E-state index contributed by atoms with van der Waals surface area (Å²) in [4.78, 5) is 12.1. The second kappa shape index (κ2) is 20.6. The summed E-state index contributed by atoms with van der Waals surface area (Å²) in [6.45, 7) is 10.0. The lowest BCUT2D eigenvalue weighted by Crippen LogP contribution is -2.38. The van der Waals surface area contributed by atoms with E-state index in [0.717, 1.165) is 83.5 Å². The largest absolute Gasteiger partial charge is 0.466 e. The van der Waals surface area contributed by atoms with Crippen LogP contribution in [0.15, 0.2) is 0 Å². The van der Waals surface area contributed by atoms with E-state index in [1.54, 1.807) is 0 Å². The fourth-order valence-corrected chi connectivity index (χ4v) is 7.11. The van der Waals surface area contributed by atoms with Crippen LogP contribution in [0, 0.1) is 17.3 Å². The number of ether oxygens (including phenoxy) is 3. The Morgan fingerprint density at radius 1 is 0.951 bits per heavy atom. The molecule has 5 atom stereocenters. The molecule has 1 heterocycles. The van der Waals surface area contributed by atoms with E-state index in [1.165, 1.54) is 44.9 Å². The molecule has 0 aromatic carbocycles. The van der Waals surface area contributed by atoms with E-state index in [1.807, 2.05) is 0 Å². The maximum Gasteiger partial charge on any atom is 0.305 e. The first-order valence-corrected chi connectivity index (χ1v) is 18.0. The van der Waals surface area contributed by atoms with Crippen LogP contribution in [0.4, 0.5) is 0 Å². The molecule has 0 aromatic heterocycles. The molecule has 1 N–H and O–H groups in total. The molecular weight excluding hydrogens is 536 g/mol. The van der Waals surface area contributed by atoms with Crippen LogP contribution in [0.3, 0.4) is 0 Å². The molecule has 2 rings (SSSR count).